The van der Waals surface area contributed by atoms with Gasteiger partial charge in [0.2, 0.25) is 0 Å². The second kappa shape index (κ2) is 25.6. The Hall–Kier alpha value is -0.440. The predicted octanol–water partition coefficient (Wildman–Crippen LogP) is 10.0. The van der Waals surface area contributed by atoms with Crippen molar-refractivity contribution in [1.29, 1.82) is 0 Å². The van der Waals surface area contributed by atoms with E-state index < -0.39 is 0 Å². The molecular weight excluding hydrogens is 324 g/mol. The highest BCUT2D eigenvalue weighted by Gasteiger charge is 1.95. The van der Waals surface area contributed by atoms with Crippen LogP contribution in [0.2, 0.25) is 0 Å². The predicted molar refractivity (Wildman–Crippen MR) is 125 cm³/mol. The van der Waals surface area contributed by atoms with Crippen LogP contribution in [0.15, 0.2) is 0 Å². The van der Waals surface area contributed by atoms with E-state index in [1.165, 1.54) is 135 Å². The van der Waals surface area contributed by atoms with Gasteiger partial charge < -0.3 is 0 Å². The van der Waals surface area contributed by atoms with Crippen molar-refractivity contribution in [2.24, 2.45) is 0 Å². The molecular formula is C27H52. The third-order valence-electron chi connectivity index (χ3n) is 5.69. The fraction of sp³-hybridized carbons (Fsp3) is 0.926. The number of rotatable bonds is 21. The summed E-state index contributed by atoms with van der Waals surface area (Å²) < 4.78 is 0. The molecule has 0 amide bonds. The summed E-state index contributed by atoms with van der Waals surface area (Å²) in [6.07, 6.45) is 32.3. The molecule has 0 aromatic carbocycles. The molecule has 0 fully saturated rings. The first-order valence-electron chi connectivity index (χ1n) is 12.9. The molecule has 0 heteroatoms. The monoisotopic (exact) mass is 376 g/mol. The van der Waals surface area contributed by atoms with Gasteiger partial charge in [0, 0.05) is 12.8 Å². The lowest BCUT2D eigenvalue weighted by atomic mass is 10.0. The third kappa shape index (κ3) is 25.6. The molecule has 0 atom stereocenters. The summed E-state index contributed by atoms with van der Waals surface area (Å²) in [5, 5.41) is 0. The maximum absolute atomic E-state index is 3.33. The van der Waals surface area contributed by atoms with Crippen molar-refractivity contribution in [3.05, 3.63) is 0 Å². The lowest BCUT2D eigenvalue weighted by Crippen LogP contribution is -1.84. The first-order chi connectivity index (χ1) is 13.4. The van der Waals surface area contributed by atoms with Gasteiger partial charge in [0.05, 0.1) is 0 Å². The average molecular weight is 377 g/mol. The molecule has 0 aromatic rings. The minimum atomic E-state index is 1.11. The Kier molecular flexibility index (Phi) is 25.1. The minimum Gasteiger partial charge on any atom is -0.103 e. The highest BCUT2D eigenvalue weighted by atomic mass is 14.0. The van der Waals surface area contributed by atoms with Crippen molar-refractivity contribution >= 4 is 0 Å². The summed E-state index contributed by atoms with van der Waals surface area (Å²) in [4.78, 5) is 0. The smallest absolute Gasteiger partial charge is 0.00886 e. The van der Waals surface area contributed by atoms with Crippen LogP contribution in [-0.4, -0.2) is 0 Å². The molecule has 0 aliphatic rings. The standard InChI is InChI=1S/C27H52/c1-3-5-7-9-11-13-15-17-19-21-23-25-27-26-24-22-20-18-16-14-12-10-8-6-4-2/h3-9,11,13-27H2,1-2H3. The molecule has 0 rings (SSSR count). The van der Waals surface area contributed by atoms with Crippen LogP contribution in [0.3, 0.4) is 0 Å². The van der Waals surface area contributed by atoms with Crippen LogP contribution in [0.5, 0.6) is 0 Å². The Bertz CT molecular complexity index is 306. The third-order valence-corrected chi connectivity index (χ3v) is 5.69. The van der Waals surface area contributed by atoms with Gasteiger partial charge in [0.15, 0.2) is 0 Å². The fourth-order valence-electron chi connectivity index (χ4n) is 3.73. The molecule has 0 aliphatic heterocycles. The highest BCUT2D eigenvalue weighted by molar-refractivity contribution is 4.98. The molecule has 27 heavy (non-hydrogen) atoms. The van der Waals surface area contributed by atoms with Crippen LogP contribution >= 0.6 is 0 Å². The number of hydrogen-bond acceptors (Lipinski definition) is 0. The Morgan fingerprint density at radius 3 is 0.889 bits per heavy atom. The van der Waals surface area contributed by atoms with Gasteiger partial charge in [-0.1, -0.05) is 136 Å². The first-order valence-corrected chi connectivity index (χ1v) is 12.9. The lowest BCUT2D eigenvalue weighted by Gasteiger charge is -2.03. The van der Waals surface area contributed by atoms with Crippen molar-refractivity contribution in [2.75, 3.05) is 0 Å². The maximum atomic E-state index is 3.33. The molecule has 0 heterocycles. The zero-order valence-corrected chi connectivity index (χ0v) is 19.3. The molecule has 0 aromatic heterocycles. The number of hydrogen-bond donors (Lipinski definition) is 0. The first kappa shape index (κ1) is 26.6. The Balaban J connectivity index is 3.02. The lowest BCUT2D eigenvalue weighted by molar-refractivity contribution is 0.524. The summed E-state index contributed by atoms with van der Waals surface area (Å²) in [6.45, 7) is 4.54. The van der Waals surface area contributed by atoms with Crippen LogP contribution in [0.4, 0.5) is 0 Å². The molecule has 0 radical (unpaired) electrons. The topological polar surface area (TPSA) is 0 Å². The van der Waals surface area contributed by atoms with Crippen molar-refractivity contribution in [2.45, 2.75) is 162 Å². The molecule has 0 saturated carbocycles. The van der Waals surface area contributed by atoms with Crippen LogP contribution in [-0.2, 0) is 0 Å². The zero-order chi connectivity index (χ0) is 19.7. The summed E-state index contributed by atoms with van der Waals surface area (Å²) >= 11 is 0. The van der Waals surface area contributed by atoms with Gasteiger partial charge in [0.25, 0.3) is 0 Å². The van der Waals surface area contributed by atoms with E-state index in [9.17, 15) is 0 Å². The average Bonchev–Trinajstić information content (AvgIpc) is 2.68. The van der Waals surface area contributed by atoms with Gasteiger partial charge in [-0.15, -0.1) is 11.8 Å². The maximum Gasteiger partial charge on any atom is 0.00886 e. The molecule has 0 unspecified atom stereocenters. The Morgan fingerprint density at radius 2 is 0.556 bits per heavy atom. The molecule has 0 saturated heterocycles. The van der Waals surface area contributed by atoms with E-state index in [0.29, 0.717) is 0 Å². The Labute approximate surface area is 173 Å². The van der Waals surface area contributed by atoms with Gasteiger partial charge in [-0.2, -0.15) is 0 Å². The quantitative estimate of drug-likeness (QED) is 0.138. The second-order valence-electron chi connectivity index (χ2n) is 8.57. The van der Waals surface area contributed by atoms with Crippen LogP contribution in [0.1, 0.15) is 162 Å². The molecule has 160 valence electrons. The number of unbranched alkanes of at least 4 members (excludes halogenated alkanes) is 21. The van der Waals surface area contributed by atoms with E-state index in [2.05, 4.69) is 25.7 Å². The summed E-state index contributed by atoms with van der Waals surface area (Å²) in [7, 11) is 0. The second-order valence-corrected chi connectivity index (χ2v) is 8.57. The van der Waals surface area contributed by atoms with Gasteiger partial charge in [-0.25, -0.2) is 0 Å². The minimum absolute atomic E-state index is 1.11. The Morgan fingerprint density at radius 1 is 0.296 bits per heavy atom. The largest absolute Gasteiger partial charge is 0.103 e. The van der Waals surface area contributed by atoms with E-state index in [0.717, 1.165) is 12.8 Å². The fourth-order valence-corrected chi connectivity index (χ4v) is 3.73. The molecule has 0 aliphatic carbocycles. The van der Waals surface area contributed by atoms with Crippen LogP contribution in [0.25, 0.3) is 0 Å². The zero-order valence-electron chi connectivity index (χ0n) is 19.3. The van der Waals surface area contributed by atoms with E-state index in [1.54, 1.807) is 0 Å². The SMILES string of the molecule is CCCCC#CCCCCCCCCCCCCCCCCCCCCC. The van der Waals surface area contributed by atoms with Crippen molar-refractivity contribution in [1.82, 2.24) is 0 Å². The van der Waals surface area contributed by atoms with E-state index in [1.807, 2.05) is 0 Å². The van der Waals surface area contributed by atoms with Crippen LogP contribution < -0.4 is 0 Å². The summed E-state index contributed by atoms with van der Waals surface area (Å²) in [5.41, 5.74) is 0. The highest BCUT2D eigenvalue weighted by Crippen LogP contribution is 2.14. The van der Waals surface area contributed by atoms with E-state index >= 15 is 0 Å². The molecule has 0 bridgehead atoms. The van der Waals surface area contributed by atoms with Crippen molar-refractivity contribution in [3.8, 4) is 11.8 Å². The molecule has 0 N–H and O–H groups in total. The normalized spacial score (nSPS) is 10.7. The van der Waals surface area contributed by atoms with E-state index in [4.69, 9.17) is 0 Å². The van der Waals surface area contributed by atoms with Gasteiger partial charge in [-0.05, 0) is 12.8 Å². The van der Waals surface area contributed by atoms with Crippen molar-refractivity contribution in [3.63, 3.8) is 0 Å². The van der Waals surface area contributed by atoms with Crippen molar-refractivity contribution < 1.29 is 0 Å². The van der Waals surface area contributed by atoms with Crippen LogP contribution in [0, 0.1) is 11.8 Å². The summed E-state index contributed by atoms with van der Waals surface area (Å²) in [6, 6.07) is 0. The van der Waals surface area contributed by atoms with Gasteiger partial charge in [0.1, 0.15) is 0 Å². The summed E-state index contributed by atoms with van der Waals surface area (Å²) in [5.74, 6) is 6.62. The van der Waals surface area contributed by atoms with E-state index in [-0.39, 0.29) is 0 Å². The molecule has 0 spiro atoms. The van der Waals surface area contributed by atoms with Gasteiger partial charge in [-0.3, -0.25) is 0 Å². The molecule has 0 nitrogen and oxygen atoms in total. The van der Waals surface area contributed by atoms with Gasteiger partial charge >= 0.3 is 0 Å².